The summed E-state index contributed by atoms with van der Waals surface area (Å²) in [5.41, 5.74) is 3.52. The first-order valence-corrected chi connectivity index (χ1v) is 8.75. The average Bonchev–Trinajstić information content (AvgIpc) is 2.71. The molecule has 0 aromatic carbocycles. The smallest absolute Gasteiger partial charge is 0.0843 e. The van der Waals surface area contributed by atoms with Crippen molar-refractivity contribution in [2.24, 2.45) is 0 Å². The molecule has 76 valence electrons. The van der Waals surface area contributed by atoms with Crippen LogP contribution in [0, 0.1) is 0 Å². The monoisotopic (exact) mass is 232 g/mol. The van der Waals surface area contributed by atoms with Gasteiger partial charge in [0.05, 0.1) is 8.07 Å². The lowest BCUT2D eigenvalue weighted by atomic mass is 10.0. The molecule has 1 heterocycles. The molecule has 1 unspecified atom stereocenters. The molecule has 0 saturated carbocycles. The molecule has 1 aliphatic heterocycles. The van der Waals surface area contributed by atoms with Crippen LogP contribution < -0.4 is 0 Å². The van der Waals surface area contributed by atoms with Crippen LogP contribution in [0.1, 0.15) is 0 Å². The third-order valence-electron chi connectivity index (χ3n) is 3.67. The van der Waals surface area contributed by atoms with Crippen molar-refractivity contribution in [3.63, 3.8) is 0 Å². The van der Waals surface area contributed by atoms with Crippen molar-refractivity contribution in [3.05, 3.63) is 57.8 Å². The Balaban J connectivity index is 2.24. The minimum atomic E-state index is -1.33. The molecule has 0 fully saturated rings. The fourth-order valence-corrected chi connectivity index (χ4v) is 6.42. The van der Waals surface area contributed by atoms with Gasteiger partial charge in [-0.05, 0) is 23.3 Å². The van der Waals surface area contributed by atoms with Gasteiger partial charge in [-0.15, -0.1) is 0 Å². The molecule has 1 atom stereocenters. The fraction of sp³-hybridized carbons (Fsp3) is 0.231. The zero-order chi connectivity index (χ0) is 10.6. The summed E-state index contributed by atoms with van der Waals surface area (Å²) in [5, 5.41) is 2.45. The molecule has 3 aliphatic rings. The first-order chi connectivity index (χ1) is 7.10. The zero-order valence-electron chi connectivity index (χ0n) is 8.92. The molecule has 0 aromatic heterocycles. The number of halogens is 1. The van der Waals surface area contributed by atoms with Crippen molar-refractivity contribution in [3.8, 4) is 0 Å². The van der Waals surface area contributed by atoms with Crippen molar-refractivity contribution in [2.45, 2.75) is 18.6 Å². The maximum atomic E-state index is 6.08. The van der Waals surface area contributed by atoms with Crippen LogP contribution in [0.5, 0.6) is 0 Å². The number of fused-ring (bicyclic) bond motifs is 2. The standard InChI is InChI=1S/C13H13ClSi/c1-15(2)12-5-3-4-10(12)11-8-9(14)6-7-13(11)15/h3-8,13H,1-2H3. The topological polar surface area (TPSA) is 0 Å². The summed E-state index contributed by atoms with van der Waals surface area (Å²) in [6.07, 6.45) is 13.2. The SMILES string of the molecule is C[Si]1(C)C2=CC=CC2=C2C=C(Cl)C=CC21. The predicted octanol–water partition coefficient (Wildman–Crippen LogP) is 4.10. The predicted molar refractivity (Wildman–Crippen MR) is 68.6 cm³/mol. The van der Waals surface area contributed by atoms with Gasteiger partial charge < -0.3 is 0 Å². The maximum Gasteiger partial charge on any atom is 0.0927 e. The van der Waals surface area contributed by atoms with Crippen molar-refractivity contribution >= 4 is 19.7 Å². The molecule has 0 spiro atoms. The van der Waals surface area contributed by atoms with E-state index in [9.17, 15) is 0 Å². The second-order valence-corrected chi connectivity index (χ2v) is 9.94. The quantitative estimate of drug-likeness (QED) is 0.552. The summed E-state index contributed by atoms with van der Waals surface area (Å²) in [5.74, 6) is 0. The van der Waals surface area contributed by atoms with E-state index in [2.05, 4.69) is 49.6 Å². The Morgan fingerprint density at radius 3 is 2.87 bits per heavy atom. The van der Waals surface area contributed by atoms with E-state index in [0.29, 0.717) is 5.54 Å². The Kier molecular flexibility index (Phi) is 1.80. The molecule has 2 aliphatic carbocycles. The van der Waals surface area contributed by atoms with Gasteiger partial charge in [-0.3, -0.25) is 0 Å². The Bertz CT molecular complexity index is 487. The fourth-order valence-electron chi connectivity index (χ4n) is 2.85. The van der Waals surface area contributed by atoms with Crippen molar-refractivity contribution in [1.29, 1.82) is 0 Å². The lowest BCUT2D eigenvalue weighted by Crippen LogP contribution is -2.30. The molecule has 0 aromatic rings. The van der Waals surface area contributed by atoms with Crippen LogP contribution in [-0.4, -0.2) is 8.07 Å². The van der Waals surface area contributed by atoms with Gasteiger partial charge in [0.25, 0.3) is 0 Å². The molecule has 15 heavy (non-hydrogen) atoms. The van der Waals surface area contributed by atoms with E-state index in [1.54, 1.807) is 5.20 Å². The van der Waals surface area contributed by atoms with E-state index in [0.717, 1.165) is 5.03 Å². The summed E-state index contributed by atoms with van der Waals surface area (Å²) in [6.45, 7) is 4.89. The highest BCUT2D eigenvalue weighted by Crippen LogP contribution is 2.52. The number of allylic oxidation sites excluding steroid dienone is 10. The van der Waals surface area contributed by atoms with Crippen molar-refractivity contribution in [2.75, 3.05) is 0 Å². The lowest BCUT2D eigenvalue weighted by molar-refractivity contribution is 1.20. The van der Waals surface area contributed by atoms with Crippen molar-refractivity contribution < 1.29 is 0 Å². The molecule has 0 N–H and O–H groups in total. The van der Waals surface area contributed by atoms with Gasteiger partial charge in [-0.1, -0.05) is 54.2 Å². The highest BCUT2D eigenvalue weighted by Gasteiger charge is 2.45. The van der Waals surface area contributed by atoms with Gasteiger partial charge in [-0.2, -0.15) is 0 Å². The Labute approximate surface area is 96.3 Å². The molecular formula is C13H13ClSi. The van der Waals surface area contributed by atoms with Crippen LogP contribution in [0.15, 0.2) is 57.8 Å². The molecule has 3 rings (SSSR count). The van der Waals surface area contributed by atoms with Gasteiger partial charge in [0, 0.05) is 10.6 Å². The van der Waals surface area contributed by atoms with E-state index < -0.39 is 8.07 Å². The third kappa shape index (κ3) is 1.14. The molecule has 2 heteroatoms. The second kappa shape index (κ2) is 2.87. The van der Waals surface area contributed by atoms with E-state index in [4.69, 9.17) is 11.6 Å². The highest BCUT2D eigenvalue weighted by atomic mass is 35.5. The normalized spacial score (nSPS) is 30.2. The van der Waals surface area contributed by atoms with Crippen LogP contribution in [0.25, 0.3) is 0 Å². The van der Waals surface area contributed by atoms with E-state index in [1.165, 1.54) is 11.1 Å². The number of rotatable bonds is 0. The summed E-state index contributed by atoms with van der Waals surface area (Å²) in [7, 11) is -1.33. The Morgan fingerprint density at radius 1 is 1.27 bits per heavy atom. The van der Waals surface area contributed by atoms with Gasteiger partial charge in [0.2, 0.25) is 0 Å². The minimum Gasteiger partial charge on any atom is -0.0843 e. The lowest BCUT2D eigenvalue weighted by Gasteiger charge is -2.26. The first kappa shape index (κ1) is 9.43. The summed E-state index contributed by atoms with van der Waals surface area (Å²) in [6, 6.07) is 0. The average molecular weight is 233 g/mol. The number of hydrogen-bond acceptors (Lipinski definition) is 0. The van der Waals surface area contributed by atoms with E-state index >= 15 is 0 Å². The van der Waals surface area contributed by atoms with Crippen LogP contribution >= 0.6 is 11.6 Å². The molecular weight excluding hydrogens is 220 g/mol. The van der Waals surface area contributed by atoms with Crippen LogP contribution in [-0.2, 0) is 0 Å². The molecule has 0 radical (unpaired) electrons. The van der Waals surface area contributed by atoms with Gasteiger partial charge in [0.15, 0.2) is 0 Å². The largest absolute Gasteiger partial charge is 0.0927 e. The highest BCUT2D eigenvalue weighted by molar-refractivity contribution is 6.89. The van der Waals surface area contributed by atoms with Gasteiger partial charge >= 0.3 is 0 Å². The first-order valence-electron chi connectivity index (χ1n) is 5.29. The summed E-state index contributed by atoms with van der Waals surface area (Å²) in [4.78, 5) is 0. The molecule has 0 bridgehead atoms. The van der Waals surface area contributed by atoms with Crippen LogP contribution in [0.2, 0.25) is 18.6 Å². The second-order valence-electron chi connectivity index (χ2n) is 4.90. The Morgan fingerprint density at radius 2 is 2.07 bits per heavy atom. The summed E-state index contributed by atoms with van der Waals surface area (Å²) >= 11 is 6.08. The minimum absolute atomic E-state index is 0.631. The van der Waals surface area contributed by atoms with Crippen LogP contribution in [0.4, 0.5) is 0 Å². The summed E-state index contributed by atoms with van der Waals surface area (Å²) < 4.78 is 0. The third-order valence-corrected chi connectivity index (χ3v) is 7.79. The Hall–Kier alpha value is -0.793. The van der Waals surface area contributed by atoms with Gasteiger partial charge in [-0.25, -0.2) is 0 Å². The molecule has 0 nitrogen and oxygen atoms in total. The molecule has 0 amide bonds. The number of hydrogen-bond donors (Lipinski definition) is 0. The van der Waals surface area contributed by atoms with Crippen LogP contribution in [0.3, 0.4) is 0 Å². The van der Waals surface area contributed by atoms with E-state index in [-0.39, 0.29) is 0 Å². The molecule has 0 saturated heterocycles. The maximum absolute atomic E-state index is 6.08. The van der Waals surface area contributed by atoms with Crippen molar-refractivity contribution in [1.82, 2.24) is 0 Å². The van der Waals surface area contributed by atoms with Gasteiger partial charge in [0.1, 0.15) is 0 Å². The zero-order valence-corrected chi connectivity index (χ0v) is 10.7. The van der Waals surface area contributed by atoms with E-state index in [1.807, 2.05) is 0 Å².